The number of amides is 2. The van der Waals surface area contributed by atoms with Crippen LogP contribution in [0.2, 0.25) is 0 Å². The van der Waals surface area contributed by atoms with Gasteiger partial charge in [0.2, 0.25) is 11.8 Å². The predicted octanol–water partition coefficient (Wildman–Crippen LogP) is 1.11. The van der Waals surface area contributed by atoms with Crippen molar-refractivity contribution in [1.29, 1.82) is 0 Å². The summed E-state index contributed by atoms with van der Waals surface area (Å²) in [7, 11) is 3.27. The molecule has 1 atom stereocenters. The lowest BCUT2D eigenvalue weighted by molar-refractivity contribution is -0.128. The topological polar surface area (TPSA) is 84.4 Å². The molecule has 1 aliphatic rings. The van der Waals surface area contributed by atoms with E-state index < -0.39 is 6.04 Å². The highest BCUT2D eigenvalue weighted by atomic mass is 16.5. The average molecular weight is 326 g/mol. The first-order chi connectivity index (χ1) is 11.6. The Labute approximate surface area is 139 Å². The Balaban J connectivity index is 1.69. The zero-order chi connectivity index (χ0) is 17.1. The zero-order valence-corrected chi connectivity index (χ0v) is 13.5. The molecule has 124 valence electrons. The lowest BCUT2D eigenvalue weighted by Crippen LogP contribution is -2.40. The molecule has 2 heterocycles. The molecule has 1 aromatic heterocycles. The van der Waals surface area contributed by atoms with Crippen LogP contribution >= 0.6 is 0 Å². The fraction of sp³-hybridized carbons (Fsp3) is 0.294. The Bertz CT molecular complexity index is 743. The van der Waals surface area contributed by atoms with E-state index in [-0.39, 0.29) is 11.8 Å². The van der Waals surface area contributed by atoms with Crippen LogP contribution < -0.4 is 10.1 Å². The second kappa shape index (κ2) is 6.66. The monoisotopic (exact) mass is 326 g/mol. The van der Waals surface area contributed by atoms with Crippen LogP contribution in [-0.4, -0.2) is 53.7 Å². The maximum absolute atomic E-state index is 12.3. The average Bonchev–Trinajstić information content (AvgIpc) is 2.94. The second-order valence-corrected chi connectivity index (χ2v) is 5.61. The maximum atomic E-state index is 12.3. The molecule has 0 bridgehead atoms. The van der Waals surface area contributed by atoms with Crippen molar-refractivity contribution in [2.24, 2.45) is 0 Å². The minimum Gasteiger partial charge on any atom is -0.480 e. The number of likely N-dealkylation sites (tertiary alicyclic amines) is 1. The summed E-state index contributed by atoms with van der Waals surface area (Å²) in [6, 6.07) is 10.1. The SMILES string of the molecule is COc1ccc(-c2ccc(C(=O)N[C@H]3CCN(C)C3=O)cc2)nn1. The first kappa shape index (κ1) is 15.9. The van der Waals surface area contributed by atoms with Gasteiger partial charge >= 0.3 is 0 Å². The smallest absolute Gasteiger partial charge is 0.251 e. The van der Waals surface area contributed by atoms with Crippen molar-refractivity contribution in [3.8, 4) is 17.1 Å². The summed E-state index contributed by atoms with van der Waals surface area (Å²) in [6.45, 7) is 0.666. The highest BCUT2D eigenvalue weighted by Gasteiger charge is 2.30. The van der Waals surface area contributed by atoms with Gasteiger partial charge in [0.1, 0.15) is 6.04 Å². The zero-order valence-electron chi connectivity index (χ0n) is 13.5. The molecule has 0 aliphatic carbocycles. The van der Waals surface area contributed by atoms with Gasteiger partial charge in [-0.15, -0.1) is 10.2 Å². The molecule has 3 rings (SSSR count). The van der Waals surface area contributed by atoms with E-state index in [9.17, 15) is 9.59 Å². The van der Waals surface area contributed by atoms with E-state index in [2.05, 4.69) is 15.5 Å². The van der Waals surface area contributed by atoms with Crippen LogP contribution in [0.1, 0.15) is 16.8 Å². The van der Waals surface area contributed by atoms with E-state index in [0.717, 1.165) is 5.56 Å². The summed E-state index contributed by atoms with van der Waals surface area (Å²) >= 11 is 0. The molecule has 7 heteroatoms. The Morgan fingerprint density at radius 1 is 1.21 bits per heavy atom. The number of benzene rings is 1. The van der Waals surface area contributed by atoms with Crippen molar-refractivity contribution in [2.75, 3.05) is 20.7 Å². The van der Waals surface area contributed by atoms with Gasteiger partial charge in [0.15, 0.2) is 0 Å². The third kappa shape index (κ3) is 3.19. The van der Waals surface area contributed by atoms with Crippen LogP contribution in [0.3, 0.4) is 0 Å². The van der Waals surface area contributed by atoms with Crippen molar-refractivity contribution < 1.29 is 14.3 Å². The van der Waals surface area contributed by atoms with E-state index >= 15 is 0 Å². The fourth-order valence-electron chi connectivity index (χ4n) is 2.57. The largest absolute Gasteiger partial charge is 0.480 e. The molecular weight excluding hydrogens is 308 g/mol. The fourth-order valence-corrected chi connectivity index (χ4v) is 2.57. The highest BCUT2D eigenvalue weighted by molar-refractivity contribution is 5.98. The van der Waals surface area contributed by atoms with Gasteiger partial charge in [-0.3, -0.25) is 9.59 Å². The number of nitrogens with one attached hydrogen (secondary N) is 1. The number of nitrogens with zero attached hydrogens (tertiary/aromatic N) is 3. The normalized spacial score (nSPS) is 17.0. The molecule has 1 aliphatic heterocycles. The minimum atomic E-state index is -0.436. The van der Waals surface area contributed by atoms with Crippen LogP contribution in [-0.2, 0) is 4.79 Å². The third-order valence-corrected chi connectivity index (χ3v) is 4.02. The molecule has 1 fully saturated rings. The number of rotatable bonds is 4. The summed E-state index contributed by atoms with van der Waals surface area (Å²) in [6.07, 6.45) is 0.639. The third-order valence-electron chi connectivity index (χ3n) is 4.02. The van der Waals surface area contributed by atoms with Crippen molar-refractivity contribution in [3.63, 3.8) is 0 Å². The van der Waals surface area contributed by atoms with Gasteiger partial charge in [0.25, 0.3) is 5.91 Å². The summed E-state index contributed by atoms with van der Waals surface area (Å²) < 4.78 is 4.98. The number of carbonyl (C=O) groups excluding carboxylic acids is 2. The lowest BCUT2D eigenvalue weighted by Gasteiger charge is -2.12. The molecule has 2 amide bonds. The second-order valence-electron chi connectivity index (χ2n) is 5.61. The number of hydrogen-bond acceptors (Lipinski definition) is 5. The van der Waals surface area contributed by atoms with E-state index in [1.165, 1.54) is 7.11 Å². The van der Waals surface area contributed by atoms with Gasteiger partial charge in [-0.2, -0.15) is 0 Å². The standard InChI is InChI=1S/C17H18N4O3/c1-21-10-9-14(17(21)23)18-16(22)12-5-3-11(4-6-12)13-7-8-15(24-2)20-19-13/h3-8,14H,9-10H2,1-2H3,(H,18,22)/t14-/m0/s1. The molecule has 0 unspecified atom stereocenters. The van der Waals surface area contributed by atoms with Crippen molar-refractivity contribution >= 4 is 11.8 Å². The van der Waals surface area contributed by atoms with Gasteiger partial charge in [-0.1, -0.05) is 12.1 Å². The molecule has 24 heavy (non-hydrogen) atoms. The number of hydrogen-bond donors (Lipinski definition) is 1. The summed E-state index contributed by atoms with van der Waals surface area (Å²) in [5.41, 5.74) is 2.04. The van der Waals surface area contributed by atoms with Gasteiger partial charge in [0, 0.05) is 30.8 Å². The summed E-state index contributed by atoms with van der Waals surface area (Å²) in [5, 5.41) is 10.8. The van der Waals surface area contributed by atoms with Crippen LogP contribution in [0.4, 0.5) is 0 Å². The molecule has 7 nitrogen and oxygen atoms in total. The first-order valence-electron chi connectivity index (χ1n) is 7.62. The van der Waals surface area contributed by atoms with Crippen molar-refractivity contribution in [3.05, 3.63) is 42.0 Å². The van der Waals surface area contributed by atoms with E-state index in [1.807, 2.05) is 0 Å². The number of methoxy groups -OCH3 is 1. The Morgan fingerprint density at radius 2 is 1.96 bits per heavy atom. The summed E-state index contributed by atoms with van der Waals surface area (Å²) in [4.78, 5) is 25.7. The Hall–Kier alpha value is -2.96. The molecule has 0 radical (unpaired) electrons. The number of likely N-dealkylation sites (N-methyl/N-ethyl adjacent to an activating group) is 1. The molecule has 0 saturated carbocycles. The maximum Gasteiger partial charge on any atom is 0.251 e. The van der Waals surface area contributed by atoms with Gasteiger partial charge in [-0.25, -0.2) is 0 Å². The summed E-state index contributed by atoms with van der Waals surface area (Å²) in [5.74, 6) is 0.144. The molecule has 2 aromatic rings. The number of ether oxygens (including phenoxy) is 1. The molecule has 1 aromatic carbocycles. The van der Waals surface area contributed by atoms with E-state index in [1.54, 1.807) is 48.3 Å². The van der Waals surface area contributed by atoms with Gasteiger partial charge < -0.3 is 15.0 Å². The Morgan fingerprint density at radius 3 is 2.50 bits per heavy atom. The van der Waals surface area contributed by atoms with Gasteiger partial charge in [0.05, 0.1) is 12.8 Å². The highest BCUT2D eigenvalue weighted by Crippen LogP contribution is 2.18. The predicted molar refractivity (Wildman–Crippen MR) is 87.5 cm³/mol. The number of carbonyl (C=O) groups is 2. The number of aromatic nitrogens is 2. The molecule has 0 spiro atoms. The quantitative estimate of drug-likeness (QED) is 0.910. The Kier molecular flexibility index (Phi) is 4.41. The molecular formula is C17H18N4O3. The van der Waals surface area contributed by atoms with Crippen LogP contribution in [0, 0.1) is 0 Å². The van der Waals surface area contributed by atoms with Crippen LogP contribution in [0.5, 0.6) is 5.88 Å². The lowest BCUT2D eigenvalue weighted by atomic mass is 10.1. The molecule has 1 saturated heterocycles. The first-order valence-corrected chi connectivity index (χ1v) is 7.62. The minimum absolute atomic E-state index is 0.0477. The van der Waals surface area contributed by atoms with Crippen LogP contribution in [0.15, 0.2) is 36.4 Å². The van der Waals surface area contributed by atoms with Gasteiger partial charge in [-0.05, 0) is 24.6 Å². The van der Waals surface area contributed by atoms with Crippen LogP contribution in [0.25, 0.3) is 11.3 Å². The van der Waals surface area contributed by atoms with Crippen molar-refractivity contribution in [1.82, 2.24) is 20.4 Å². The molecule has 1 N–H and O–H groups in total. The van der Waals surface area contributed by atoms with E-state index in [0.29, 0.717) is 30.1 Å². The van der Waals surface area contributed by atoms with E-state index in [4.69, 9.17) is 4.74 Å². The van der Waals surface area contributed by atoms with Crippen molar-refractivity contribution in [2.45, 2.75) is 12.5 Å².